The molecular formula is C27H29Cl2NO5. The maximum atomic E-state index is 11.9. The summed E-state index contributed by atoms with van der Waals surface area (Å²) in [4.78, 5) is 11.9. The van der Waals surface area contributed by atoms with Crippen LogP contribution >= 0.6 is 24.0 Å². The Labute approximate surface area is 216 Å². The predicted molar refractivity (Wildman–Crippen MR) is 138 cm³/mol. The van der Waals surface area contributed by atoms with Gasteiger partial charge in [-0.2, -0.15) is 0 Å². The Bertz CT molecular complexity index is 1120. The molecule has 2 atom stereocenters. The summed E-state index contributed by atoms with van der Waals surface area (Å²) in [6.07, 6.45) is -0.737. The molecule has 186 valence electrons. The second-order valence-electron chi connectivity index (χ2n) is 8.78. The molecule has 0 aromatic heterocycles. The molecule has 0 aliphatic carbocycles. The molecule has 0 spiro atoms. The van der Waals surface area contributed by atoms with Crippen LogP contribution in [-0.4, -0.2) is 29.5 Å². The first-order valence-electron chi connectivity index (χ1n) is 11.2. The van der Waals surface area contributed by atoms with Crippen LogP contribution in [0.25, 0.3) is 0 Å². The molecular weight excluding hydrogens is 489 g/mol. The average Bonchev–Trinajstić information content (AvgIpc) is 2.82. The van der Waals surface area contributed by atoms with E-state index in [-0.39, 0.29) is 25.1 Å². The highest BCUT2D eigenvalue weighted by molar-refractivity contribution is 6.30. The van der Waals surface area contributed by atoms with E-state index in [0.29, 0.717) is 23.1 Å². The highest BCUT2D eigenvalue weighted by Crippen LogP contribution is 2.40. The minimum atomic E-state index is -0.747. The molecule has 2 N–H and O–H groups in total. The van der Waals surface area contributed by atoms with Gasteiger partial charge in [0.15, 0.2) is 0 Å². The van der Waals surface area contributed by atoms with E-state index in [4.69, 9.17) is 25.8 Å². The Hall–Kier alpha value is -2.77. The van der Waals surface area contributed by atoms with Crippen LogP contribution < -0.4 is 14.8 Å². The number of hydrogen-bond donors (Lipinski definition) is 2. The summed E-state index contributed by atoms with van der Waals surface area (Å²) in [6, 6.07) is 21.9. The first-order valence-corrected chi connectivity index (χ1v) is 11.6. The summed E-state index contributed by atoms with van der Waals surface area (Å²) in [7, 11) is 0. The lowest BCUT2D eigenvalue weighted by molar-refractivity contribution is -0.0643. The predicted octanol–water partition coefficient (Wildman–Crippen LogP) is 5.88. The Morgan fingerprint density at radius 2 is 1.77 bits per heavy atom. The smallest absolute Gasteiger partial charge is 0.485 e. The van der Waals surface area contributed by atoms with Crippen molar-refractivity contribution in [3.05, 3.63) is 94.5 Å². The van der Waals surface area contributed by atoms with Crippen LogP contribution in [0.1, 0.15) is 36.6 Å². The van der Waals surface area contributed by atoms with Crippen molar-refractivity contribution in [2.75, 3.05) is 6.54 Å². The Morgan fingerprint density at radius 1 is 1.06 bits per heavy atom. The van der Waals surface area contributed by atoms with Gasteiger partial charge in [0.05, 0.1) is 6.04 Å². The number of carbonyl (C=O) groups excluding carboxylic acids is 1. The van der Waals surface area contributed by atoms with Gasteiger partial charge in [0.2, 0.25) is 0 Å². The summed E-state index contributed by atoms with van der Waals surface area (Å²) >= 11 is 6.13. The van der Waals surface area contributed by atoms with Gasteiger partial charge in [0, 0.05) is 10.6 Å². The molecule has 0 saturated carbocycles. The summed E-state index contributed by atoms with van der Waals surface area (Å²) in [5.41, 5.74) is 2.10. The molecule has 0 radical (unpaired) electrons. The quantitative estimate of drug-likeness (QED) is 0.301. The molecule has 4 rings (SSSR count). The Kier molecular flexibility index (Phi) is 9.03. The van der Waals surface area contributed by atoms with E-state index in [0.717, 1.165) is 23.1 Å². The lowest BCUT2D eigenvalue weighted by Crippen LogP contribution is -2.52. The van der Waals surface area contributed by atoms with Crippen molar-refractivity contribution in [2.24, 2.45) is 0 Å². The fourth-order valence-electron chi connectivity index (χ4n) is 3.93. The lowest BCUT2D eigenvalue weighted by atomic mass is 9.86. The minimum Gasteiger partial charge on any atom is -0.485 e. The summed E-state index contributed by atoms with van der Waals surface area (Å²) < 4.78 is 16.4. The number of halogens is 2. The van der Waals surface area contributed by atoms with Crippen LogP contribution in [0.2, 0.25) is 5.02 Å². The van der Waals surface area contributed by atoms with Gasteiger partial charge in [-0.15, -0.1) is 12.4 Å². The first kappa shape index (κ1) is 26.8. The third-order valence-corrected chi connectivity index (χ3v) is 6.05. The molecule has 35 heavy (non-hydrogen) atoms. The minimum absolute atomic E-state index is 0. The molecule has 6 nitrogen and oxygen atoms in total. The van der Waals surface area contributed by atoms with E-state index in [2.05, 4.69) is 5.32 Å². The number of hydrogen-bond acceptors (Lipinski definition) is 6. The van der Waals surface area contributed by atoms with Gasteiger partial charge in [-0.3, -0.25) is 0 Å². The number of benzene rings is 3. The topological polar surface area (TPSA) is 77.0 Å². The van der Waals surface area contributed by atoms with Crippen molar-refractivity contribution in [1.29, 1.82) is 0 Å². The van der Waals surface area contributed by atoms with Crippen molar-refractivity contribution in [2.45, 2.75) is 44.6 Å². The fraction of sp³-hybridized carbons (Fsp3) is 0.296. The second-order valence-corrected chi connectivity index (χ2v) is 9.22. The van der Waals surface area contributed by atoms with Gasteiger partial charge in [-0.05, 0) is 62.2 Å². The van der Waals surface area contributed by atoms with Crippen LogP contribution in [0.3, 0.4) is 0 Å². The molecule has 0 saturated heterocycles. The van der Waals surface area contributed by atoms with Gasteiger partial charge >= 0.3 is 6.16 Å². The van der Waals surface area contributed by atoms with E-state index >= 15 is 0 Å². The van der Waals surface area contributed by atoms with Gasteiger partial charge < -0.3 is 24.6 Å². The van der Waals surface area contributed by atoms with Gasteiger partial charge in [-0.25, -0.2) is 4.79 Å². The van der Waals surface area contributed by atoms with E-state index in [1.165, 1.54) is 0 Å². The highest BCUT2D eigenvalue weighted by atomic mass is 35.5. The molecule has 1 aliphatic rings. The molecule has 3 aromatic rings. The lowest BCUT2D eigenvalue weighted by Gasteiger charge is -2.42. The zero-order valence-electron chi connectivity index (χ0n) is 19.6. The highest BCUT2D eigenvalue weighted by Gasteiger charge is 2.42. The number of carbonyl (C=O) groups is 1. The normalized spacial score (nSPS) is 17.9. The second kappa shape index (κ2) is 11.8. The third kappa shape index (κ3) is 6.89. The molecule has 0 bridgehead atoms. The van der Waals surface area contributed by atoms with E-state index < -0.39 is 17.9 Å². The molecule has 8 heteroatoms. The molecule has 3 aromatic carbocycles. The summed E-state index contributed by atoms with van der Waals surface area (Å²) in [5.74, 6) is 1.10. The number of nitrogens with one attached hydrogen (secondary N) is 1. The van der Waals surface area contributed by atoms with Crippen molar-refractivity contribution in [3.63, 3.8) is 0 Å². The van der Waals surface area contributed by atoms with Crippen LogP contribution in [0.5, 0.6) is 11.5 Å². The van der Waals surface area contributed by atoms with Crippen molar-refractivity contribution >= 4 is 30.2 Å². The van der Waals surface area contributed by atoms with Crippen LogP contribution in [0.4, 0.5) is 4.79 Å². The van der Waals surface area contributed by atoms with Crippen LogP contribution in [0, 0.1) is 0 Å². The van der Waals surface area contributed by atoms with Crippen molar-refractivity contribution < 1.29 is 24.1 Å². The maximum Gasteiger partial charge on any atom is 0.514 e. The number of rotatable bonds is 7. The largest absolute Gasteiger partial charge is 0.514 e. The Balaban J connectivity index is 0.00000342. The third-order valence-electron chi connectivity index (χ3n) is 5.81. The molecule has 2 unspecified atom stereocenters. The number of fused-ring (bicyclic) bond motifs is 1. The van der Waals surface area contributed by atoms with Crippen LogP contribution in [-0.2, 0) is 17.8 Å². The number of ether oxygens (including phenoxy) is 3. The molecule has 1 aliphatic heterocycles. The Morgan fingerprint density at radius 3 is 2.49 bits per heavy atom. The standard InChI is InChI=1S/C27H28ClNO5.ClH/c1-27(2)25(30)24(22-13-10-20(28)16-23(22)34-27)29-15-14-18-8-11-21(12-9-18)33-26(31)32-17-19-6-4-3-5-7-19;/h3-13,16,24-25,29-30H,14-15,17H2,1-2H3;1H. The first-order chi connectivity index (χ1) is 16.3. The summed E-state index contributed by atoms with van der Waals surface area (Å²) in [5, 5.41) is 14.9. The number of aliphatic hydroxyl groups excluding tert-OH is 1. The zero-order chi connectivity index (χ0) is 24.1. The SMILES string of the molecule is CC1(C)Oc2cc(Cl)ccc2C(NCCc2ccc(OC(=O)OCc3ccccc3)cc2)C1O.Cl. The zero-order valence-corrected chi connectivity index (χ0v) is 21.1. The van der Waals surface area contributed by atoms with Crippen molar-refractivity contribution in [3.8, 4) is 11.5 Å². The summed E-state index contributed by atoms with van der Waals surface area (Å²) in [6.45, 7) is 4.52. The molecule has 0 amide bonds. The average molecular weight is 518 g/mol. The van der Waals surface area contributed by atoms with Gasteiger partial charge in [0.25, 0.3) is 0 Å². The maximum absolute atomic E-state index is 11.9. The van der Waals surface area contributed by atoms with Gasteiger partial charge in [-0.1, -0.05) is 60.1 Å². The van der Waals surface area contributed by atoms with E-state index in [1.807, 2.05) is 62.4 Å². The van der Waals surface area contributed by atoms with Crippen LogP contribution in [0.15, 0.2) is 72.8 Å². The molecule has 1 heterocycles. The number of aliphatic hydroxyl groups is 1. The van der Waals surface area contributed by atoms with E-state index in [9.17, 15) is 9.90 Å². The van der Waals surface area contributed by atoms with E-state index in [1.54, 1.807) is 24.3 Å². The molecule has 0 fully saturated rings. The van der Waals surface area contributed by atoms with Gasteiger partial charge in [0.1, 0.15) is 29.8 Å². The van der Waals surface area contributed by atoms with Crippen molar-refractivity contribution in [1.82, 2.24) is 5.32 Å². The fourth-order valence-corrected chi connectivity index (χ4v) is 4.09. The monoisotopic (exact) mass is 517 g/mol.